The molecule has 18 heavy (non-hydrogen) atoms. The zero-order chi connectivity index (χ0) is 13.0. The Morgan fingerprint density at radius 1 is 1.44 bits per heavy atom. The molecule has 4 heteroatoms. The molecule has 0 aromatic carbocycles. The fraction of sp³-hybridized carbons (Fsp3) is 0.929. The number of nitrogens with two attached hydrogens (primary N) is 1. The normalized spacial score (nSPS) is 27.7. The molecule has 2 atom stereocenters. The van der Waals surface area contributed by atoms with Crippen LogP contribution in [0.1, 0.15) is 51.4 Å². The van der Waals surface area contributed by atoms with Crippen LogP contribution in [-0.4, -0.2) is 29.8 Å². The topological polar surface area (TPSA) is 72.6 Å². The first-order valence-electron chi connectivity index (χ1n) is 7.24. The largest absolute Gasteiger partial charge is 0.481 e. The Hall–Kier alpha value is -0.610. The van der Waals surface area contributed by atoms with Crippen LogP contribution in [0, 0.1) is 11.8 Å². The third kappa shape index (κ3) is 3.04. The predicted molar refractivity (Wildman–Crippen MR) is 69.3 cm³/mol. The molecule has 1 aliphatic carbocycles. The Bertz CT molecular complexity index is 289. The van der Waals surface area contributed by atoms with Crippen LogP contribution in [0.5, 0.6) is 0 Å². The first-order valence-corrected chi connectivity index (χ1v) is 7.24. The number of carboxylic acids is 1. The molecule has 4 nitrogen and oxygen atoms in total. The molecular weight excluding hydrogens is 230 g/mol. The molecule has 0 aromatic heterocycles. The molecule has 104 valence electrons. The summed E-state index contributed by atoms with van der Waals surface area (Å²) < 4.78 is 5.87. The van der Waals surface area contributed by atoms with E-state index in [0.717, 1.165) is 51.6 Å². The van der Waals surface area contributed by atoms with Crippen molar-refractivity contribution in [1.29, 1.82) is 0 Å². The van der Waals surface area contributed by atoms with Crippen molar-refractivity contribution in [3.8, 4) is 0 Å². The number of hydrogen-bond acceptors (Lipinski definition) is 3. The molecule has 2 fully saturated rings. The molecule has 2 rings (SSSR count). The van der Waals surface area contributed by atoms with E-state index in [0.29, 0.717) is 12.5 Å². The molecule has 1 saturated carbocycles. The molecule has 1 saturated heterocycles. The molecule has 1 heterocycles. The zero-order valence-electron chi connectivity index (χ0n) is 11.1. The molecule has 0 radical (unpaired) electrons. The molecule has 1 spiro atoms. The summed E-state index contributed by atoms with van der Waals surface area (Å²) in [5, 5.41) is 9.41. The van der Waals surface area contributed by atoms with Crippen molar-refractivity contribution >= 4 is 5.97 Å². The van der Waals surface area contributed by atoms with Crippen LogP contribution in [0.4, 0.5) is 0 Å². The lowest BCUT2D eigenvalue weighted by molar-refractivity contribution is -0.163. The van der Waals surface area contributed by atoms with Gasteiger partial charge in [-0.3, -0.25) is 4.79 Å². The van der Waals surface area contributed by atoms with Gasteiger partial charge in [-0.1, -0.05) is 6.42 Å². The van der Waals surface area contributed by atoms with Crippen LogP contribution in [0.2, 0.25) is 0 Å². The highest BCUT2D eigenvalue weighted by atomic mass is 16.5. The van der Waals surface area contributed by atoms with Crippen molar-refractivity contribution in [1.82, 2.24) is 0 Å². The second-order valence-corrected chi connectivity index (χ2v) is 5.87. The molecule has 0 amide bonds. The minimum atomic E-state index is -0.631. The van der Waals surface area contributed by atoms with Gasteiger partial charge in [-0.15, -0.1) is 0 Å². The van der Waals surface area contributed by atoms with E-state index in [9.17, 15) is 9.90 Å². The summed E-state index contributed by atoms with van der Waals surface area (Å²) in [7, 11) is 0. The third-order valence-corrected chi connectivity index (χ3v) is 4.65. The SMILES string of the molecule is NCCCCC(C(=O)O)C1CCOC2(CCC2)C1. The van der Waals surface area contributed by atoms with E-state index in [-0.39, 0.29) is 11.5 Å². The minimum Gasteiger partial charge on any atom is -0.481 e. The summed E-state index contributed by atoms with van der Waals surface area (Å²) in [5.41, 5.74) is 5.52. The van der Waals surface area contributed by atoms with Crippen molar-refractivity contribution < 1.29 is 14.6 Å². The van der Waals surface area contributed by atoms with E-state index in [4.69, 9.17) is 10.5 Å². The number of carbonyl (C=O) groups is 1. The maximum Gasteiger partial charge on any atom is 0.306 e. The Balaban J connectivity index is 1.90. The first-order chi connectivity index (χ1) is 8.67. The summed E-state index contributed by atoms with van der Waals surface area (Å²) in [6.45, 7) is 1.40. The highest BCUT2D eigenvalue weighted by molar-refractivity contribution is 5.70. The number of ether oxygens (including phenoxy) is 1. The minimum absolute atomic E-state index is 0.0461. The highest BCUT2D eigenvalue weighted by Gasteiger charge is 2.45. The van der Waals surface area contributed by atoms with Gasteiger partial charge in [0.2, 0.25) is 0 Å². The fourth-order valence-corrected chi connectivity index (χ4v) is 3.40. The van der Waals surface area contributed by atoms with Gasteiger partial charge in [0.05, 0.1) is 11.5 Å². The number of rotatable bonds is 6. The first kappa shape index (κ1) is 13.8. The zero-order valence-corrected chi connectivity index (χ0v) is 11.1. The Morgan fingerprint density at radius 2 is 2.22 bits per heavy atom. The van der Waals surface area contributed by atoms with Gasteiger partial charge in [0.15, 0.2) is 0 Å². The average molecular weight is 255 g/mol. The number of aliphatic carboxylic acids is 1. The summed E-state index contributed by atoms with van der Waals surface area (Å²) >= 11 is 0. The standard InChI is InChI=1S/C14H25NO3/c15-8-2-1-4-12(13(16)17)11-5-9-18-14(10-11)6-3-7-14/h11-12H,1-10,15H2,(H,16,17). The van der Waals surface area contributed by atoms with Crippen molar-refractivity contribution in [3.63, 3.8) is 0 Å². The van der Waals surface area contributed by atoms with Crippen LogP contribution in [0.3, 0.4) is 0 Å². The Morgan fingerprint density at radius 3 is 2.78 bits per heavy atom. The van der Waals surface area contributed by atoms with Crippen molar-refractivity contribution in [2.75, 3.05) is 13.2 Å². The summed E-state index contributed by atoms with van der Waals surface area (Å²) in [6.07, 6.45) is 7.96. The Kier molecular flexibility index (Phi) is 4.62. The lowest BCUT2D eigenvalue weighted by Gasteiger charge is -2.48. The third-order valence-electron chi connectivity index (χ3n) is 4.65. The van der Waals surface area contributed by atoms with E-state index in [1.54, 1.807) is 0 Å². The van der Waals surface area contributed by atoms with Crippen LogP contribution in [0.15, 0.2) is 0 Å². The van der Waals surface area contributed by atoms with E-state index >= 15 is 0 Å². The predicted octanol–water partition coefficient (Wildman–Crippen LogP) is 2.17. The maximum atomic E-state index is 11.4. The van der Waals surface area contributed by atoms with Gasteiger partial charge in [0, 0.05) is 6.61 Å². The quantitative estimate of drug-likeness (QED) is 0.713. The second kappa shape index (κ2) is 6.02. The lowest BCUT2D eigenvalue weighted by Crippen LogP contribution is -2.47. The maximum absolute atomic E-state index is 11.4. The van der Waals surface area contributed by atoms with Crippen LogP contribution in [0.25, 0.3) is 0 Å². The monoisotopic (exact) mass is 255 g/mol. The summed E-state index contributed by atoms with van der Waals surface area (Å²) in [5.74, 6) is -0.527. The van der Waals surface area contributed by atoms with Crippen LogP contribution >= 0.6 is 0 Å². The van der Waals surface area contributed by atoms with Crippen LogP contribution in [-0.2, 0) is 9.53 Å². The van der Waals surface area contributed by atoms with E-state index < -0.39 is 5.97 Å². The Labute approximate surface area is 109 Å². The van der Waals surface area contributed by atoms with Crippen molar-refractivity contribution in [2.24, 2.45) is 17.6 Å². The average Bonchev–Trinajstić information content (AvgIpc) is 2.32. The van der Waals surface area contributed by atoms with E-state index in [1.807, 2.05) is 0 Å². The van der Waals surface area contributed by atoms with Crippen molar-refractivity contribution in [3.05, 3.63) is 0 Å². The highest BCUT2D eigenvalue weighted by Crippen LogP contribution is 2.46. The van der Waals surface area contributed by atoms with Gasteiger partial charge >= 0.3 is 5.97 Å². The smallest absolute Gasteiger partial charge is 0.306 e. The van der Waals surface area contributed by atoms with Gasteiger partial charge in [0.25, 0.3) is 0 Å². The molecular formula is C14H25NO3. The molecule has 1 aliphatic heterocycles. The molecule has 2 unspecified atom stereocenters. The number of hydrogen-bond donors (Lipinski definition) is 2. The molecule has 0 bridgehead atoms. The van der Waals surface area contributed by atoms with Crippen molar-refractivity contribution in [2.45, 2.75) is 57.0 Å². The van der Waals surface area contributed by atoms with Gasteiger partial charge in [0.1, 0.15) is 0 Å². The van der Waals surface area contributed by atoms with Gasteiger partial charge in [-0.05, 0) is 57.4 Å². The van der Waals surface area contributed by atoms with E-state index in [1.165, 1.54) is 6.42 Å². The van der Waals surface area contributed by atoms with E-state index in [2.05, 4.69) is 0 Å². The van der Waals surface area contributed by atoms with Gasteiger partial charge < -0.3 is 15.6 Å². The van der Waals surface area contributed by atoms with Gasteiger partial charge in [-0.25, -0.2) is 0 Å². The molecule has 0 aromatic rings. The summed E-state index contributed by atoms with van der Waals surface area (Å²) in [6, 6.07) is 0. The second-order valence-electron chi connectivity index (χ2n) is 5.87. The number of carboxylic acid groups (broad SMARTS) is 1. The van der Waals surface area contributed by atoms with Crippen LogP contribution < -0.4 is 5.73 Å². The lowest BCUT2D eigenvalue weighted by atomic mass is 9.68. The van der Waals surface area contributed by atoms with Gasteiger partial charge in [-0.2, -0.15) is 0 Å². The number of unbranched alkanes of at least 4 members (excludes halogenated alkanes) is 1. The summed E-state index contributed by atoms with van der Waals surface area (Å²) in [4.78, 5) is 11.4. The molecule has 2 aliphatic rings. The molecule has 3 N–H and O–H groups in total. The fourth-order valence-electron chi connectivity index (χ4n) is 3.40.